The van der Waals surface area contributed by atoms with Crippen LogP contribution in [0.3, 0.4) is 0 Å². The van der Waals surface area contributed by atoms with Crippen molar-refractivity contribution in [3.8, 4) is 5.75 Å². The van der Waals surface area contributed by atoms with Gasteiger partial charge in [-0.15, -0.1) is 11.3 Å². The summed E-state index contributed by atoms with van der Waals surface area (Å²) in [5.74, 6) is 0.960. The normalized spacial score (nSPS) is 13.4. The Kier molecular flexibility index (Phi) is 7.63. The summed E-state index contributed by atoms with van der Waals surface area (Å²) in [5.41, 5.74) is 3.19. The maximum Gasteiger partial charge on any atom is 0.225 e. The largest absolute Gasteiger partial charge is 0.496 e. The maximum atomic E-state index is 12.7. The summed E-state index contributed by atoms with van der Waals surface area (Å²) >= 11 is 1.56. The summed E-state index contributed by atoms with van der Waals surface area (Å²) in [6, 6.07) is 7.75. The first-order valence-corrected chi connectivity index (χ1v) is 11.1. The van der Waals surface area contributed by atoms with Crippen molar-refractivity contribution in [2.24, 2.45) is 4.99 Å². The molecule has 0 bridgehead atoms. The van der Waals surface area contributed by atoms with Crippen molar-refractivity contribution in [2.45, 2.75) is 45.6 Å². The van der Waals surface area contributed by atoms with Crippen LogP contribution in [0.5, 0.6) is 5.75 Å². The Morgan fingerprint density at radius 3 is 2.83 bits per heavy atom. The van der Waals surface area contributed by atoms with Crippen molar-refractivity contribution in [2.75, 3.05) is 26.0 Å². The Bertz CT molecular complexity index is 936. The molecule has 0 radical (unpaired) electrons. The second-order valence-corrected chi connectivity index (χ2v) is 8.41. The number of hydrogen-bond acceptors (Lipinski definition) is 5. The van der Waals surface area contributed by atoms with Gasteiger partial charge in [-0.1, -0.05) is 25.1 Å². The fourth-order valence-corrected chi connectivity index (χ4v) is 4.97. The van der Waals surface area contributed by atoms with Crippen molar-refractivity contribution < 1.29 is 14.3 Å². The third-order valence-electron chi connectivity index (χ3n) is 5.24. The standard InChI is InChI=1S/C23H29N3O3S/c1-4-7-22(28)26-13-12-17-18(14-24-2)23(30-20(17)15-26)25-21(27)11-10-16-8-5-6-9-19(16)29-3/h5-6,8-9,14H,4,7,10-13,15H2,1-3H3,(H,25,27). The van der Waals surface area contributed by atoms with Gasteiger partial charge in [0.1, 0.15) is 10.8 Å². The SMILES string of the molecule is CCCC(=O)N1CCc2c(sc(NC(=O)CCc3ccccc3OC)c2C=NC)C1. The van der Waals surface area contributed by atoms with Crippen molar-refractivity contribution in [1.82, 2.24) is 4.90 Å². The number of anilines is 1. The lowest BCUT2D eigenvalue weighted by Gasteiger charge is -2.27. The van der Waals surface area contributed by atoms with Gasteiger partial charge in [-0.3, -0.25) is 14.6 Å². The first-order chi connectivity index (χ1) is 14.6. The molecule has 3 rings (SSSR count). The van der Waals surface area contributed by atoms with Crippen LogP contribution in [-0.2, 0) is 29.0 Å². The van der Waals surface area contributed by atoms with Gasteiger partial charge in [0.25, 0.3) is 0 Å². The first kappa shape index (κ1) is 22.0. The van der Waals surface area contributed by atoms with E-state index >= 15 is 0 Å². The third kappa shape index (κ3) is 5.08. The van der Waals surface area contributed by atoms with Crippen LogP contribution in [0, 0.1) is 0 Å². The lowest BCUT2D eigenvalue weighted by atomic mass is 10.0. The molecule has 1 aromatic heterocycles. The molecule has 1 N–H and O–H groups in total. The summed E-state index contributed by atoms with van der Waals surface area (Å²) < 4.78 is 5.37. The topological polar surface area (TPSA) is 71.0 Å². The number of aryl methyl sites for hydroxylation is 1. The van der Waals surface area contributed by atoms with E-state index in [-0.39, 0.29) is 11.8 Å². The fraction of sp³-hybridized carbons (Fsp3) is 0.435. The second kappa shape index (κ2) is 10.4. The Labute approximate surface area is 182 Å². The molecule has 0 fully saturated rings. The van der Waals surface area contributed by atoms with Gasteiger partial charge in [0.15, 0.2) is 0 Å². The van der Waals surface area contributed by atoms with Gasteiger partial charge in [0.05, 0.1) is 13.7 Å². The van der Waals surface area contributed by atoms with E-state index in [1.165, 1.54) is 5.56 Å². The van der Waals surface area contributed by atoms with Gasteiger partial charge in [-0.25, -0.2) is 0 Å². The molecule has 0 aliphatic carbocycles. The molecule has 0 unspecified atom stereocenters. The molecule has 2 heterocycles. The van der Waals surface area contributed by atoms with E-state index < -0.39 is 0 Å². The molecule has 30 heavy (non-hydrogen) atoms. The Balaban J connectivity index is 1.71. The smallest absolute Gasteiger partial charge is 0.225 e. The van der Waals surface area contributed by atoms with Crippen LogP contribution in [0.4, 0.5) is 5.00 Å². The molecule has 2 aromatic rings. The van der Waals surface area contributed by atoms with E-state index in [1.807, 2.05) is 42.3 Å². The number of nitrogens with zero attached hydrogens (tertiary/aromatic N) is 2. The van der Waals surface area contributed by atoms with E-state index in [9.17, 15) is 9.59 Å². The predicted molar refractivity (Wildman–Crippen MR) is 122 cm³/mol. The number of benzene rings is 1. The van der Waals surface area contributed by atoms with E-state index in [4.69, 9.17) is 4.74 Å². The molecule has 1 aliphatic heterocycles. The van der Waals surface area contributed by atoms with Crippen LogP contribution in [-0.4, -0.2) is 43.6 Å². The average molecular weight is 428 g/mol. The zero-order chi connectivity index (χ0) is 21.5. The Hall–Kier alpha value is -2.67. The average Bonchev–Trinajstić information content (AvgIpc) is 3.09. The number of carbonyl (C=O) groups is 2. The number of methoxy groups -OCH3 is 1. The molecule has 0 atom stereocenters. The molecule has 0 saturated heterocycles. The molecule has 0 spiro atoms. The number of fused-ring (bicyclic) bond motifs is 1. The quantitative estimate of drug-likeness (QED) is 0.646. The lowest BCUT2D eigenvalue weighted by Crippen LogP contribution is -2.35. The van der Waals surface area contributed by atoms with Crippen molar-refractivity contribution in [3.05, 3.63) is 45.8 Å². The number of carbonyl (C=O) groups excluding carboxylic acids is 2. The summed E-state index contributed by atoms with van der Waals surface area (Å²) in [6.07, 6.45) is 5.02. The second-order valence-electron chi connectivity index (χ2n) is 7.31. The minimum atomic E-state index is -0.0378. The zero-order valence-electron chi connectivity index (χ0n) is 17.9. The number of thiophene rings is 1. The van der Waals surface area contributed by atoms with Gasteiger partial charge in [-0.05, 0) is 36.5 Å². The van der Waals surface area contributed by atoms with Crippen LogP contribution in [0.2, 0.25) is 0 Å². The van der Waals surface area contributed by atoms with Crippen LogP contribution < -0.4 is 10.1 Å². The molecule has 6 nitrogen and oxygen atoms in total. The van der Waals surface area contributed by atoms with Crippen LogP contribution in [0.15, 0.2) is 29.3 Å². The lowest BCUT2D eigenvalue weighted by molar-refractivity contribution is -0.132. The molecule has 1 aromatic carbocycles. The number of ether oxygens (including phenoxy) is 1. The van der Waals surface area contributed by atoms with Gasteiger partial charge in [0, 0.05) is 43.1 Å². The van der Waals surface area contributed by atoms with Crippen molar-refractivity contribution in [1.29, 1.82) is 0 Å². The predicted octanol–water partition coefficient (Wildman–Crippen LogP) is 4.06. The number of aliphatic imine (C=N–C) groups is 1. The van der Waals surface area contributed by atoms with Crippen LogP contribution in [0.1, 0.15) is 47.8 Å². The van der Waals surface area contributed by atoms with Gasteiger partial charge in [0.2, 0.25) is 11.8 Å². The summed E-state index contributed by atoms with van der Waals surface area (Å²) in [5, 5.41) is 3.89. The highest BCUT2D eigenvalue weighted by atomic mass is 32.1. The summed E-state index contributed by atoms with van der Waals surface area (Å²) in [7, 11) is 3.37. The molecular formula is C23H29N3O3S. The maximum absolute atomic E-state index is 12.7. The molecular weight excluding hydrogens is 398 g/mol. The number of rotatable bonds is 8. The highest BCUT2D eigenvalue weighted by Gasteiger charge is 2.26. The number of amides is 2. The fourth-order valence-electron chi connectivity index (χ4n) is 3.72. The van der Waals surface area contributed by atoms with E-state index in [2.05, 4.69) is 10.3 Å². The molecule has 160 valence electrons. The zero-order valence-corrected chi connectivity index (χ0v) is 18.7. The van der Waals surface area contributed by atoms with E-state index in [0.717, 1.165) is 39.6 Å². The highest BCUT2D eigenvalue weighted by Crippen LogP contribution is 2.36. The van der Waals surface area contributed by atoms with Gasteiger partial charge in [-0.2, -0.15) is 0 Å². The van der Waals surface area contributed by atoms with Gasteiger partial charge >= 0.3 is 0 Å². The third-order valence-corrected chi connectivity index (χ3v) is 6.39. The molecule has 0 saturated carbocycles. The van der Waals surface area contributed by atoms with Gasteiger partial charge < -0.3 is 15.0 Å². The minimum absolute atomic E-state index is 0.0378. The Morgan fingerprint density at radius 2 is 2.10 bits per heavy atom. The van der Waals surface area contributed by atoms with Crippen LogP contribution >= 0.6 is 11.3 Å². The Morgan fingerprint density at radius 1 is 1.30 bits per heavy atom. The van der Waals surface area contributed by atoms with Crippen molar-refractivity contribution in [3.63, 3.8) is 0 Å². The van der Waals surface area contributed by atoms with E-state index in [1.54, 1.807) is 25.5 Å². The van der Waals surface area contributed by atoms with Crippen LogP contribution in [0.25, 0.3) is 0 Å². The molecule has 7 heteroatoms. The van der Waals surface area contributed by atoms with Crippen molar-refractivity contribution >= 4 is 34.4 Å². The number of nitrogens with one attached hydrogen (secondary N) is 1. The monoisotopic (exact) mass is 427 g/mol. The summed E-state index contributed by atoms with van der Waals surface area (Å²) in [6.45, 7) is 3.35. The molecule has 2 amide bonds. The number of para-hydroxylation sites is 1. The first-order valence-electron chi connectivity index (χ1n) is 10.3. The number of hydrogen-bond donors (Lipinski definition) is 1. The van der Waals surface area contributed by atoms with E-state index in [0.29, 0.717) is 32.4 Å². The minimum Gasteiger partial charge on any atom is -0.496 e. The molecule has 1 aliphatic rings. The highest BCUT2D eigenvalue weighted by molar-refractivity contribution is 7.16. The summed E-state index contributed by atoms with van der Waals surface area (Å²) in [4.78, 5) is 32.2.